The lowest BCUT2D eigenvalue weighted by Gasteiger charge is -2.21. The molecular weight excluding hydrogens is 236 g/mol. The summed E-state index contributed by atoms with van der Waals surface area (Å²) >= 11 is 1.56. The van der Waals surface area contributed by atoms with Crippen molar-refractivity contribution in [2.24, 2.45) is 0 Å². The fourth-order valence-corrected chi connectivity index (χ4v) is 2.30. The van der Waals surface area contributed by atoms with E-state index in [0.29, 0.717) is 18.2 Å². The van der Waals surface area contributed by atoms with E-state index in [4.69, 9.17) is 10.8 Å². The molecule has 92 valence electrons. The van der Waals surface area contributed by atoms with Gasteiger partial charge in [-0.3, -0.25) is 4.90 Å². The number of aliphatic hydroxyl groups excluding tert-OH is 1. The fourth-order valence-electron chi connectivity index (χ4n) is 1.51. The minimum Gasteiger partial charge on any atom is -0.395 e. The van der Waals surface area contributed by atoms with Crippen molar-refractivity contribution < 1.29 is 5.11 Å². The molecule has 0 saturated heterocycles. The first-order valence-corrected chi connectivity index (χ1v) is 6.30. The average molecular weight is 252 g/mol. The lowest BCUT2D eigenvalue weighted by Crippen LogP contribution is -2.32. The summed E-state index contributed by atoms with van der Waals surface area (Å²) in [7, 11) is 1.93. The number of rotatable bonds is 4. The second-order valence-electron chi connectivity index (χ2n) is 4.11. The van der Waals surface area contributed by atoms with E-state index in [9.17, 15) is 0 Å². The van der Waals surface area contributed by atoms with Crippen LogP contribution < -0.4 is 5.73 Å². The highest BCUT2D eigenvalue weighted by molar-refractivity contribution is 7.16. The minimum absolute atomic E-state index is 0.0823. The Morgan fingerprint density at radius 1 is 1.53 bits per heavy atom. The summed E-state index contributed by atoms with van der Waals surface area (Å²) in [5.74, 6) is 1.22. The molecule has 0 spiro atoms. The third-order valence-corrected chi connectivity index (χ3v) is 3.61. The number of fused-ring (bicyclic) bond motifs is 1. The van der Waals surface area contributed by atoms with Gasteiger partial charge < -0.3 is 10.8 Å². The van der Waals surface area contributed by atoms with E-state index in [1.54, 1.807) is 11.3 Å². The van der Waals surface area contributed by atoms with E-state index in [1.807, 2.05) is 30.3 Å². The van der Waals surface area contributed by atoms with Gasteiger partial charge in [0, 0.05) is 6.04 Å². The van der Waals surface area contributed by atoms with Crippen molar-refractivity contribution in [1.29, 1.82) is 0 Å². The van der Waals surface area contributed by atoms with Crippen molar-refractivity contribution in [1.82, 2.24) is 14.9 Å². The molecule has 2 rings (SSSR count). The topological polar surface area (TPSA) is 75.3 Å². The third kappa shape index (κ3) is 2.54. The lowest BCUT2D eigenvalue weighted by molar-refractivity contribution is 0.151. The van der Waals surface area contributed by atoms with Crippen molar-refractivity contribution >= 4 is 27.4 Å². The number of hydrogen-bond acceptors (Lipinski definition) is 6. The number of nitrogen functional groups attached to an aromatic ring is 1. The molecule has 17 heavy (non-hydrogen) atoms. The van der Waals surface area contributed by atoms with E-state index >= 15 is 0 Å². The first-order valence-electron chi connectivity index (χ1n) is 5.42. The summed E-state index contributed by atoms with van der Waals surface area (Å²) in [6.07, 6.45) is 0. The molecule has 0 fully saturated rings. The number of aliphatic hydroxyl groups is 1. The van der Waals surface area contributed by atoms with Crippen molar-refractivity contribution in [3.8, 4) is 0 Å². The number of thiophene rings is 1. The summed E-state index contributed by atoms with van der Waals surface area (Å²) in [4.78, 5) is 11.6. The Bertz CT molecular complexity index is 513. The molecule has 5 nitrogen and oxygen atoms in total. The first-order chi connectivity index (χ1) is 8.11. The molecule has 0 bridgehead atoms. The molecule has 2 aromatic heterocycles. The van der Waals surface area contributed by atoms with Crippen molar-refractivity contribution in [3.05, 3.63) is 17.3 Å². The van der Waals surface area contributed by atoms with Crippen LogP contribution >= 0.6 is 11.3 Å². The van der Waals surface area contributed by atoms with E-state index in [1.165, 1.54) is 0 Å². The van der Waals surface area contributed by atoms with Crippen molar-refractivity contribution in [2.45, 2.75) is 19.5 Å². The zero-order valence-corrected chi connectivity index (χ0v) is 10.7. The molecule has 0 aromatic carbocycles. The van der Waals surface area contributed by atoms with Gasteiger partial charge in [-0.1, -0.05) is 0 Å². The average Bonchev–Trinajstić information content (AvgIpc) is 2.76. The summed E-state index contributed by atoms with van der Waals surface area (Å²) < 4.78 is 0. The fraction of sp³-hybridized carbons (Fsp3) is 0.455. The Hall–Kier alpha value is -1.24. The predicted molar refractivity (Wildman–Crippen MR) is 69.8 cm³/mol. The van der Waals surface area contributed by atoms with E-state index in [2.05, 4.69) is 9.97 Å². The number of anilines is 1. The van der Waals surface area contributed by atoms with Crippen LogP contribution in [0.15, 0.2) is 11.4 Å². The van der Waals surface area contributed by atoms with Crippen LogP contribution in [-0.2, 0) is 6.54 Å². The normalized spacial score (nSPS) is 13.4. The second kappa shape index (κ2) is 4.95. The molecule has 1 unspecified atom stereocenters. The van der Waals surface area contributed by atoms with Gasteiger partial charge >= 0.3 is 0 Å². The number of nitrogens with zero attached hydrogens (tertiary/aromatic N) is 3. The summed E-state index contributed by atoms with van der Waals surface area (Å²) in [5.41, 5.74) is 5.87. The minimum atomic E-state index is 0.0823. The number of nitrogens with two attached hydrogens (primary N) is 1. The van der Waals surface area contributed by atoms with E-state index in [-0.39, 0.29) is 12.6 Å². The summed E-state index contributed by atoms with van der Waals surface area (Å²) in [5, 5.41) is 11.9. The van der Waals surface area contributed by atoms with Crippen molar-refractivity contribution in [2.75, 3.05) is 19.4 Å². The largest absolute Gasteiger partial charge is 0.395 e. The molecule has 0 saturated carbocycles. The number of aromatic nitrogens is 2. The molecule has 1 atom stereocenters. The van der Waals surface area contributed by atoms with Gasteiger partial charge in [-0.25, -0.2) is 9.97 Å². The summed E-state index contributed by atoms with van der Waals surface area (Å²) in [6.45, 7) is 2.65. The smallest absolute Gasteiger partial charge is 0.146 e. The van der Waals surface area contributed by atoms with Gasteiger partial charge in [0.2, 0.25) is 0 Å². The maximum atomic E-state index is 9.07. The second-order valence-corrected chi connectivity index (χ2v) is 5.01. The monoisotopic (exact) mass is 252 g/mol. The molecule has 0 amide bonds. The highest BCUT2D eigenvalue weighted by atomic mass is 32.1. The third-order valence-electron chi connectivity index (χ3n) is 2.81. The molecular formula is C11H16N4OS. The Morgan fingerprint density at radius 2 is 2.29 bits per heavy atom. The molecule has 3 N–H and O–H groups in total. The van der Waals surface area contributed by atoms with Crippen LogP contribution in [0.4, 0.5) is 5.82 Å². The maximum absolute atomic E-state index is 9.07. The van der Waals surface area contributed by atoms with Crippen LogP contribution in [0.1, 0.15) is 12.7 Å². The highest BCUT2D eigenvalue weighted by Gasteiger charge is 2.12. The standard InChI is InChI=1S/C11H16N4OS/c1-7(6-16)15(2)5-9-13-10(12)8-3-4-17-11(8)14-9/h3-4,7,16H,5-6H2,1-2H3,(H2,12,13,14). The van der Waals surface area contributed by atoms with Crippen LogP contribution in [-0.4, -0.2) is 39.7 Å². The Kier molecular flexibility index (Phi) is 3.56. The zero-order valence-electron chi connectivity index (χ0n) is 9.92. The van der Waals surface area contributed by atoms with E-state index in [0.717, 1.165) is 10.2 Å². The van der Waals surface area contributed by atoms with Crippen LogP contribution in [0.5, 0.6) is 0 Å². The number of hydrogen-bond donors (Lipinski definition) is 2. The molecule has 2 aromatic rings. The first kappa shape index (κ1) is 12.2. The van der Waals surface area contributed by atoms with E-state index < -0.39 is 0 Å². The van der Waals surface area contributed by atoms with Gasteiger partial charge in [-0.15, -0.1) is 11.3 Å². The molecule has 0 radical (unpaired) electrons. The van der Waals surface area contributed by atoms with Crippen LogP contribution in [0.25, 0.3) is 10.2 Å². The molecule has 0 aliphatic heterocycles. The molecule has 0 aliphatic carbocycles. The Morgan fingerprint density at radius 3 is 3.00 bits per heavy atom. The lowest BCUT2D eigenvalue weighted by atomic mass is 10.3. The van der Waals surface area contributed by atoms with Gasteiger partial charge in [0.1, 0.15) is 16.5 Å². The molecule has 6 heteroatoms. The van der Waals surface area contributed by atoms with Gasteiger partial charge in [0.15, 0.2) is 0 Å². The Labute approximate surface area is 104 Å². The molecule has 2 heterocycles. The zero-order chi connectivity index (χ0) is 12.4. The maximum Gasteiger partial charge on any atom is 0.146 e. The summed E-state index contributed by atoms with van der Waals surface area (Å²) in [6, 6.07) is 2.01. The van der Waals surface area contributed by atoms with Gasteiger partial charge in [0.25, 0.3) is 0 Å². The highest BCUT2D eigenvalue weighted by Crippen LogP contribution is 2.23. The Balaban J connectivity index is 2.24. The van der Waals surface area contributed by atoms with Gasteiger partial charge in [-0.2, -0.15) is 0 Å². The van der Waals surface area contributed by atoms with Crippen LogP contribution in [0.3, 0.4) is 0 Å². The van der Waals surface area contributed by atoms with Crippen LogP contribution in [0, 0.1) is 0 Å². The SMILES string of the molecule is CC(CO)N(C)Cc1nc(N)c2ccsc2n1. The predicted octanol–water partition coefficient (Wildman–Crippen LogP) is 1.09. The molecule has 0 aliphatic rings. The number of likely N-dealkylation sites (N-methyl/N-ethyl adjacent to an activating group) is 1. The van der Waals surface area contributed by atoms with Crippen molar-refractivity contribution in [3.63, 3.8) is 0 Å². The quantitative estimate of drug-likeness (QED) is 0.852. The van der Waals surface area contributed by atoms with Gasteiger partial charge in [-0.05, 0) is 25.4 Å². The van der Waals surface area contributed by atoms with Gasteiger partial charge in [0.05, 0.1) is 18.5 Å². The van der Waals surface area contributed by atoms with Crippen LogP contribution in [0.2, 0.25) is 0 Å².